The van der Waals surface area contributed by atoms with Gasteiger partial charge in [-0.2, -0.15) is 5.26 Å². The Labute approximate surface area is 84.2 Å². The number of nitrogens with one attached hydrogen (secondary N) is 1. The van der Waals surface area contributed by atoms with Crippen molar-refractivity contribution in [2.75, 3.05) is 0 Å². The van der Waals surface area contributed by atoms with E-state index in [0.717, 1.165) is 11.5 Å². The molecule has 0 unspecified atom stereocenters. The minimum absolute atomic E-state index is 0.444. The highest BCUT2D eigenvalue weighted by Crippen LogP contribution is 2.30. The first-order valence-electron chi connectivity index (χ1n) is 5.31. The molecule has 3 heteroatoms. The van der Waals surface area contributed by atoms with Crippen LogP contribution in [0.25, 0.3) is 0 Å². The Kier molecular flexibility index (Phi) is 2.83. The molecular weight excluding hydrogens is 174 g/mol. The molecule has 1 aliphatic rings. The molecular formula is C11H15N3. The molecule has 3 nitrogen and oxygen atoms in total. The van der Waals surface area contributed by atoms with Crippen LogP contribution in [-0.4, -0.2) is 9.97 Å². The second-order valence-corrected chi connectivity index (χ2v) is 3.96. The van der Waals surface area contributed by atoms with Crippen LogP contribution in [0.3, 0.4) is 0 Å². The number of nitriles is 1. The van der Waals surface area contributed by atoms with Crippen LogP contribution in [0.2, 0.25) is 0 Å². The van der Waals surface area contributed by atoms with E-state index in [0.29, 0.717) is 12.3 Å². The van der Waals surface area contributed by atoms with Crippen LogP contribution in [0.4, 0.5) is 0 Å². The molecule has 74 valence electrons. The lowest BCUT2D eigenvalue weighted by molar-refractivity contribution is 0.430. The van der Waals surface area contributed by atoms with Gasteiger partial charge < -0.3 is 4.98 Å². The summed E-state index contributed by atoms with van der Waals surface area (Å²) in [6.07, 6.45) is 8.74. The van der Waals surface area contributed by atoms with Gasteiger partial charge in [0, 0.05) is 17.8 Å². The standard InChI is InChI=1S/C11H15N3/c12-7-6-10-8-13-11(14-10)9-4-2-1-3-5-9/h8-9H,1-6H2,(H,13,14). The second kappa shape index (κ2) is 4.28. The number of imidazole rings is 1. The van der Waals surface area contributed by atoms with Crippen molar-refractivity contribution in [3.63, 3.8) is 0 Å². The van der Waals surface area contributed by atoms with Crippen molar-refractivity contribution in [3.05, 3.63) is 17.7 Å². The average Bonchev–Trinajstić information content (AvgIpc) is 2.68. The summed E-state index contributed by atoms with van der Waals surface area (Å²) in [7, 11) is 0. The lowest BCUT2D eigenvalue weighted by Crippen LogP contribution is -2.06. The Bertz CT molecular complexity index is 329. The van der Waals surface area contributed by atoms with Gasteiger partial charge in [0.15, 0.2) is 0 Å². The van der Waals surface area contributed by atoms with Gasteiger partial charge in [0.1, 0.15) is 5.82 Å². The summed E-state index contributed by atoms with van der Waals surface area (Å²) in [5.74, 6) is 1.70. The van der Waals surface area contributed by atoms with E-state index in [1.165, 1.54) is 32.1 Å². The molecule has 1 heterocycles. The number of nitrogens with zero attached hydrogens (tertiary/aromatic N) is 2. The van der Waals surface area contributed by atoms with E-state index in [1.807, 2.05) is 0 Å². The van der Waals surface area contributed by atoms with Crippen molar-refractivity contribution in [3.8, 4) is 6.07 Å². The van der Waals surface area contributed by atoms with E-state index in [1.54, 1.807) is 6.20 Å². The molecule has 14 heavy (non-hydrogen) atoms. The van der Waals surface area contributed by atoms with Crippen LogP contribution in [0.1, 0.15) is 49.5 Å². The smallest absolute Gasteiger partial charge is 0.109 e. The number of aromatic nitrogens is 2. The minimum atomic E-state index is 0.444. The van der Waals surface area contributed by atoms with Crippen molar-refractivity contribution in [1.82, 2.24) is 9.97 Å². The molecule has 1 aliphatic carbocycles. The van der Waals surface area contributed by atoms with Crippen LogP contribution < -0.4 is 0 Å². The molecule has 1 aromatic rings. The average molecular weight is 189 g/mol. The van der Waals surface area contributed by atoms with Crippen LogP contribution in [0.15, 0.2) is 6.20 Å². The summed E-state index contributed by atoms with van der Waals surface area (Å²) in [5, 5.41) is 8.54. The van der Waals surface area contributed by atoms with Gasteiger partial charge >= 0.3 is 0 Å². The summed E-state index contributed by atoms with van der Waals surface area (Å²) in [4.78, 5) is 7.60. The molecule has 0 aromatic carbocycles. The van der Waals surface area contributed by atoms with Gasteiger partial charge in [0.05, 0.1) is 12.5 Å². The molecule has 0 amide bonds. The van der Waals surface area contributed by atoms with Crippen LogP contribution in [0, 0.1) is 11.3 Å². The number of hydrogen-bond acceptors (Lipinski definition) is 2. The van der Waals surface area contributed by atoms with Crippen LogP contribution in [0.5, 0.6) is 0 Å². The van der Waals surface area contributed by atoms with Crippen molar-refractivity contribution in [2.24, 2.45) is 0 Å². The normalized spacial score (nSPS) is 17.9. The van der Waals surface area contributed by atoms with Gasteiger partial charge in [-0.05, 0) is 12.8 Å². The predicted octanol–water partition coefficient (Wildman–Crippen LogP) is 2.52. The zero-order valence-electron chi connectivity index (χ0n) is 8.29. The molecule has 0 bridgehead atoms. The van der Waals surface area contributed by atoms with Crippen molar-refractivity contribution in [1.29, 1.82) is 5.26 Å². The van der Waals surface area contributed by atoms with E-state index >= 15 is 0 Å². The highest BCUT2D eigenvalue weighted by molar-refractivity contribution is 5.09. The zero-order valence-corrected chi connectivity index (χ0v) is 8.29. The Balaban J connectivity index is 2.04. The largest absolute Gasteiger partial charge is 0.345 e. The van der Waals surface area contributed by atoms with E-state index in [-0.39, 0.29) is 0 Å². The molecule has 1 aromatic heterocycles. The fraction of sp³-hybridized carbons (Fsp3) is 0.636. The van der Waals surface area contributed by atoms with Crippen LogP contribution >= 0.6 is 0 Å². The summed E-state index contributed by atoms with van der Waals surface area (Å²) < 4.78 is 0. The first-order chi connectivity index (χ1) is 6.90. The number of hydrogen-bond donors (Lipinski definition) is 1. The number of rotatable bonds is 2. The van der Waals surface area contributed by atoms with Gasteiger partial charge in [0.25, 0.3) is 0 Å². The van der Waals surface area contributed by atoms with Gasteiger partial charge in [-0.1, -0.05) is 19.3 Å². The lowest BCUT2D eigenvalue weighted by Gasteiger charge is -2.19. The maximum Gasteiger partial charge on any atom is 0.109 e. The molecule has 0 atom stereocenters. The number of aromatic amines is 1. The molecule has 1 saturated carbocycles. The highest BCUT2D eigenvalue weighted by Gasteiger charge is 2.17. The molecule has 0 saturated heterocycles. The summed E-state index contributed by atoms with van der Waals surface area (Å²) in [6.45, 7) is 0. The molecule has 0 aliphatic heterocycles. The van der Waals surface area contributed by atoms with E-state index in [4.69, 9.17) is 5.26 Å². The molecule has 0 spiro atoms. The zero-order chi connectivity index (χ0) is 9.80. The first-order valence-corrected chi connectivity index (χ1v) is 5.31. The van der Waals surface area contributed by atoms with Crippen molar-refractivity contribution < 1.29 is 0 Å². The maximum absolute atomic E-state index is 8.54. The second-order valence-electron chi connectivity index (χ2n) is 3.96. The fourth-order valence-electron chi connectivity index (χ4n) is 2.14. The summed E-state index contributed by atoms with van der Waals surface area (Å²) in [5.41, 5.74) is 0.952. The Morgan fingerprint density at radius 2 is 2.21 bits per heavy atom. The Morgan fingerprint density at radius 1 is 1.43 bits per heavy atom. The van der Waals surface area contributed by atoms with E-state index in [2.05, 4.69) is 16.0 Å². The SMILES string of the molecule is N#CCc1cnc(C2CCCCC2)[nH]1. The first kappa shape index (κ1) is 9.26. The topological polar surface area (TPSA) is 52.5 Å². The summed E-state index contributed by atoms with van der Waals surface area (Å²) >= 11 is 0. The fourth-order valence-corrected chi connectivity index (χ4v) is 2.14. The highest BCUT2D eigenvalue weighted by atomic mass is 14.9. The van der Waals surface area contributed by atoms with E-state index in [9.17, 15) is 0 Å². The monoisotopic (exact) mass is 189 g/mol. The van der Waals surface area contributed by atoms with E-state index < -0.39 is 0 Å². The van der Waals surface area contributed by atoms with Gasteiger partial charge in [-0.15, -0.1) is 0 Å². The van der Waals surface area contributed by atoms with Gasteiger partial charge in [-0.25, -0.2) is 4.98 Å². The third-order valence-electron chi connectivity index (χ3n) is 2.91. The van der Waals surface area contributed by atoms with Gasteiger partial charge in [-0.3, -0.25) is 0 Å². The summed E-state index contributed by atoms with van der Waals surface area (Å²) in [6, 6.07) is 2.13. The van der Waals surface area contributed by atoms with Gasteiger partial charge in [0.2, 0.25) is 0 Å². The quantitative estimate of drug-likeness (QED) is 0.777. The van der Waals surface area contributed by atoms with Crippen molar-refractivity contribution >= 4 is 0 Å². The molecule has 1 fully saturated rings. The Morgan fingerprint density at radius 3 is 2.93 bits per heavy atom. The molecule has 0 radical (unpaired) electrons. The predicted molar refractivity (Wildman–Crippen MR) is 53.7 cm³/mol. The molecule has 1 N–H and O–H groups in total. The third-order valence-corrected chi connectivity index (χ3v) is 2.91. The minimum Gasteiger partial charge on any atom is -0.345 e. The number of H-pyrrole nitrogens is 1. The lowest BCUT2D eigenvalue weighted by atomic mass is 9.89. The Hall–Kier alpha value is -1.30. The maximum atomic E-state index is 8.54. The molecule has 2 rings (SSSR count). The van der Waals surface area contributed by atoms with Crippen LogP contribution in [-0.2, 0) is 6.42 Å². The third kappa shape index (κ3) is 1.95. The van der Waals surface area contributed by atoms with Crippen molar-refractivity contribution in [2.45, 2.75) is 44.4 Å².